The van der Waals surface area contributed by atoms with Crippen LogP contribution in [0, 0.1) is 26.6 Å². The number of hydrogen-bond acceptors (Lipinski definition) is 6. The van der Waals surface area contributed by atoms with E-state index in [0.717, 1.165) is 5.56 Å². The zero-order chi connectivity index (χ0) is 22.7. The minimum atomic E-state index is -0.524. The summed E-state index contributed by atoms with van der Waals surface area (Å²) in [6, 6.07) is 12.2. The molecule has 0 unspecified atom stereocenters. The second-order valence-corrected chi connectivity index (χ2v) is 7.41. The number of nitrogens with zero attached hydrogens (tertiary/aromatic N) is 4. The van der Waals surface area contributed by atoms with Gasteiger partial charge in [0.15, 0.2) is 5.69 Å². The van der Waals surface area contributed by atoms with Gasteiger partial charge < -0.3 is 9.26 Å². The number of rotatable bonds is 7. The highest BCUT2D eigenvalue weighted by atomic mass is 19.1. The molecule has 2 aromatic carbocycles. The predicted octanol–water partition coefficient (Wildman–Crippen LogP) is 4.21. The van der Waals surface area contributed by atoms with Gasteiger partial charge in [0, 0.05) is 5.56 Å². The van der Waals surface area contributed by atoms with Crippen LogP contribution >= 0.6 is 0 Å². The van der Waals surface area contributed by atoms with E-state index in [9.17, 15) is 9.18 Å². The number of ether oxygens (including phenoxy) is 1. The largest absolute Gasteiger partial charge is 0.489 e. The van der Waals surface area contributed by atoms with E-state index in [1.165, 1.54) is 22.6 Å². The number of carbonyl (C=O) groups is 1. The van der Waals surface area contributed by atoms with E-state index >= 15 is 0 Å². The standard InChI is InChI=1S/C23H22FN5O3/c1-14-8-9-18(10-15(14)2)31-12-19-16(3)32-28-21(19)22(30)26-23-25-13-29(27-23)11-17-6-4-5-7-20(17)24/h4-10,13H,11-12H2,1-3H3,(H,26,27,30). The Morgan fingerprint density at radius 2 is 1.97 bits per heavy atom. The van der Waals surface area contributed by atoms with Gasteiger partial charge in [0.1, 0.15) is 30.3 Å². The van der Waals surface area contributed by atoms with Crippen molar-refractivity contribution in [3.8, 4) is 5.75 Å². The van der Waals surface area contributed by atoms with Crippen LogP contribution in [0.5, 0.6) is 5.75 Å². The van der Waals surface area contributed by atoms with Crippen LogP contribution in [-0.4, -0.2) is 25.8 Å². The monoisotopic (exact) mass is 435 g/mol. The highest BCUT2D eigenvalue weighted by molar-refractivity contribution is 6.02. The Hall–Kier alpha value is -4.01. The van der Waals surface area contributed by atoms with Crippen molar-refractivity contribution in [2.24, 2.45) is 0 Å². The smallest absolute Gasteiger partial charge is 0.280 e. The highest BCUT2D eigenvalue weighted by Crippen LogP contribution is 2.21. The van der Waals surface area contributed by atoms with Crippen LogP contribution in [0.3, 0.4) is 0 Å². The SMILES string of the molecule is Cc1ccc(OCc2c(C(=O)Nc3ncn(Cc4ccccc4F)n3)noc2C)cc1C. The zero-order valence-electron chi connectivity index (χ0n) is 17.9. The first-order valence-electron chi connectivity index (χ1n) is 10.00. The molecule has 0 fully saturated rings. The summed E-state index contributed by atoms with van der Waals surface area (Å²) < 4.78 is 26.3. The van der Waals surface area contributed by atoms with Gasteiger partial charge in [0.05, 0.1) is 12.1 Å². The molecular weight excluding hydrogens is 413 g/mol. The molecule has 4 rings (SSSR count). The maximum absolute atomic E-state index is 13.8. The van der Waals surface area contributed by atoms with Crippen molar-refractivity contribution in [3.05, 3.63) is 88.3 Å². The number of aryl methyl sites for hydroxylation is 3. The Bertz CT molecular complexity index is 1260. The van der Waals surface area contributed by atoms with E-state index in [4.69, 9.17) is 9.26 Å². The maximum Gasteiger partial charge on any atom is 0.280 e. The second-order valence-electron chi connectivity index (χ2n) is 7.41. The number of nitrogens with one attached hydrogen (secondary N) is 1. The van der Waals surface area contributed by atoms with Gasteiger partial charge in [-0.05, 0) is 50.1 Å². The van der Waals surface area contributed by atoms with Crippen LogP contribution in [0.15, 0.2) is 53.3 Å². The summed E-state index contributed by atoms with van der Waals surface area (Å²) in [6.07, 6.45) is 1.42. The number of benzene rings is 2. The van der Waals surface area contributed by atoms with Crippen LogP contribution in [0.1, 0.15) is 38.5 Å². The van der Waals surface area contributed by atoms with Gasteiger partial charge in [-0.25, -0.2) is 14.1 Å². The number of amides is 1. The zero-order valence-corrected chi connectivity index (χ0v) is 17.9. The lowest BCUT2D eigenvalue weighted by Gasteiger charge is -2.08. The van der Waals surface area contributed by atoms with Gasteiger partial charge in [-0.1, -0.05) is 29.4 Å². The lowest BCUT2D eigenvalue weighted by atomic mass is 10.1. The summed E-state index contributed by atoms with van der Waals surface area (Å²) in [7, 11) is 0. The van der Waals surface area contributed by atoms with Crippen LogP contribution in [0.2, 0.25) is 0 Å². The van der Waals surface area contributed by atoms with Gasteiger partial charge in [-0.3, -0.25) is 10.1 Å². The molecule has 164 valence electrons. The van der Waals surface area contributed by atoms with Crippen molar-refractivity contribution in [3.63, 3.8) is 0 Å². The fourth-order valence-electron chi connectivity index (χ4n) is 3.09. The minimum Gasteiger partial charge on any atom is -0.489 e. The minimum absolute atomic E-state index is 0.0769. The quantitative estimate of drug-likeness (QED) is 0.467. The molecule has 0 aliphatic heterocycles. The Kier molecular flexibility index (Phi) is 5.98. The number of aromatic nitrogens is 4. The average molecular weight is 435 g/mol. The fraction of sp³-hybridized carbons (Fsp3) is 0.217. The molecule has 0 saturated carbocycles. The first kappa shape index (κ1) is 21.2. The van der Waals surface area contributed by atoms with Crippen LogP contribution < -0.4 is 10.1 Å². The van der Waals surface area contributed by atoms with Crippen molar-refractivity contribution >= 4 is 11.9 Å². The van der Waals surface area contributed by atoms with Crippen LogP contribution in [-0.2, 0) is 13.2 Å². The normalized spacial score (nSPS) is 10.9. The summed E-state index contributed by atoms with van der Waals surface area (Å²) in [4.78, 5) is 16.8. The van der Waals surface area contributed by atoms with Gasteiger partial charge in [-0.2, -0.15) is 0 Å². The van der Waals surface area contributed by atoms with E-state index in [1.54, 1.807) is 25.1 Å². The fourth-order valence-corrected chi connectivity index (χ4v) is 3.09. The lowest BCUT2D eigenvalue weighted by molar-refractivity contribution is 0.101. The average Bonchev–Trinajstić information content (AvgIpc) is 3.36. The molecule has 9 heteroatoms. The lowest BCUT2D eigenvalue weighted by Crippen LogP contribution is -2.16. The summed E-state index contributed by atoms with van der Waals surface area (Å²) in [5.41, 5.74) is 3.37. The summed E-state index contributed by atoms with van der Waals surface area (Å²) in [5.74, 6) is 0.392. The molecule has 1 amide bonds. The number of anilines is 1. The third-order valence-corrected chi connectivity index (χ3v) is 5.11. The molecule has 32 heavy (non-hydrogen) atoms. The third kappa shape index (κ3) is 4.66. The van der Waals surface area contributed by atoms with Gasteiger partial charge in [0.25, 0.3) is 5.91 Å². The van der Waals surface area contributed by atoms with Gasteiger partial charge in [-0.15, -0.1) is 5.10 Å². The molecule has 0 spiro atoms. The third-order valence-electron chi connectivity index (χ3n) is 5.11. The molecule has 4 aromatic rings. The number of hydrogen-bond donors (Lipinski definition) is 1. The number of halogens is 1. The molecular formula is C23H22FN5O3. The molecule has 2 heterocycles. The maximum atomic E-state index is 13.8. The summed E-state index contributed by atoms with van der Waals surface area (Å²) in [6.45, 7) is 6.05. The molecule has 8 nitrogen and oxygen atoms in total. The van der Waals surface area contributed by atoms with E-state index in [1.807, 2.05) is 32.0 Å². The second kappa shape index (κ2) is 9.01. The molecule has 0 atom stereocenters. The molecule has 0 aliphatic carbocycles. The van der Waals surface area contributed by atoms with Crippen LogP contribution in [0.25, 0.3) is 0 Å². The van der Waals surface area contributed by atoms with E-state index in [-0.39, 0.29) is 30.6 Å². The van der Waals surface area contributed by atoms with E-state index in [0.29, 0.717) is 22.6 Å². The van der Waals surface area contributed by atoms with Crippen LogP contribution in [0.4, 0.5) is 10.3 Å². The Morgan fingerprint density at radius 1 is 1.16 bits per heavy atom. The molecule has 1 N–H and O–H groups in total. The number of carbonyl (C=O) groups excluding carboxylic acids is 1. The Morgan fingerprint density at radius 3 is 2.75 bits per heavy atom. The predicted molar refractivity (Wildman–Crippen MR) is 115 cm³/mol. The van der Waals surface area contributed by atoms with Gasteiger partial charge in [0.2, 0.25) is 5.95 Å². The van der Waals surface area contributed by atoms with Crippen molar-refractivity contribution in [1.82, 2.24) is 19.9 Å². The van der Waals surface area contributed by atoms with Gasteiger partial charge >= 0.3 is 0 Å². The van der Waals surface area contributed by atoms with E-state index < -0.39 is 5.91 Å². The first-order valence-corrected chi connectivity index (χ1v) is 10.00. The molecule has 0 aliphatic rings. The Labute approximate surface area is 184 Å². The Balaban J connectivity index is 1.43. The highest BCUT2D eigenvalue weighted by Gasteiger charge is 2.22. The molecule has 0 bridgehead atoms. The van der Waals surface area contributed by atoms with E-state index in [2.05, 4.69) is 20.6 Å². The molecule has 0 radical (unpaired) electrons. The van der Waals surface area contributed by atoms with Crippen molar-refractivity contribution in [1.29, 1.82) is 0 Å². The molecule has 0 saturated heterocycles. The summed E-state index contributed by atoms with van der Waals surface area (Å²) in [5, 5.41) is 10.6. The van der Waals surface area contributed by atoms with Crippen molar-refractivity contribution in [2.75, 3.05) is 5.32 Å². The molecule has 2 aromatic heterocycles. The van der Waals surface area contributed by atoms with Crippen molar-refractivity contribution < 1.29 is 18.4 Å². The van der Waals surface area contributed by atoms with Crippen molar-refractivity contribution in [2.45, 2.75) is 33.9 Å². The summed E-state index contributed by atoms with van der Waals surface area (Å²) >= 11 is 0. The topological polar surface area (TPSA) is 95.1 Å². The first-order chi connectivity index (χ1) is 15.4.